The number of nitrogens with one attached hydrogen (secondary N) is 2. The van der Waals surface area contributed by atoms with Gasteiger partial charge in [0.2, 0.25) is 0 Å². The molecule has 0 aliphatic carbocycles. The molecule has 0 aromatic heterocycles. The van der Waals surface area contributed by atoms with Gasteiger partial charge >= 0.3 is 12.1 Å². The Balaban J connectivity index is 1.27. The van der Waals surface area contributed by atoms with Crippen LogP contribution in [0, 0.1) is 0 Å². The first kappa shape index (κ1) is 18.7. The Bertz CT molecular complexity index is 791. The van der Waals surface area contributed by atoms with Crippen LogP contribution in [0.25, 0.3) is 0 Å². The predicted octanol–water partition coefficient (Wildman–Crippen LogP) is 3.26. The van der Waals surface area contributed by atoms with Crippen molar-refractivity contribution in [1.29, 1.82) is 0 Å². The molecule has 7 nitrogen and oxygen atoms in total. The molecule has 7 heteroatoms. The lowest BCUT2D eigenvalue weighted by molar-refractivity contribution is 0.0247. The van der Waals surface area contributed by atoms with Gasteiger partial charge in [-0.15, -0.1) is 0 Å². The van der Waals surface area contributed by atoms with Crippen molar-refractivity contribution in [1.82, 2.24) is 15.1 Å². The Labute approximate surface area is 171 Å². The molecule has 0 radical (unpaired) electrons. The molecule has 2 unspecified atom stereocenters. The second-order valence-electron chi connectivity index (χ2n) is 8.86. The summed E-state index contributed by atoms with van der Waals surface area (Å²) in [4.78, 5) is 29.2. The maximum Gasteiger partial charge on any atom is 0.410 e. The lowest BCUT2D eigenvalue weighted by Gasteiger charge is -2.49. The standard InChI is InChI=1S/C22H30N4O3/c1-2-29-21(28)26-15-7-8-16(26)14-17(13-15)25-11-9-22(10-12-25)18-5-3-4-6-19(18)23-20(27)24-22/h3-6,15-17H,2,7-14H2,1H3,(H2,23,24,27). The van der Waals surface area contributed by atoms with Crippen LogP contribution >= 0.6 is 0 Å². The highest BCUT2D eigenvalue weighted by Crippen LogP contribution is 2.43. The topological polar surface area (TPSA) is 73.9 Å². The first-order valence-electron chi connectivity index (χ1n) is 11.0. The van der Waals surface area contributed by atoms with E-state index >= 15 is 0 Å². The van der Waals surface area contributed by atoms with E-state index in [-0.39, 0.29) is 17.7 Å². The molecule has 2 atom stereocenters. The van der Waals surface area contributed by atoms with Gasteiger partial charge in [0, 0.05) is 42.5 Å². The number of rotatable bonds is 2. The molecule has 1 spiro atoms. The molecule has 4 aliphatic rings. The van der Waals surface area contributed by atoms with Crippen molar-refractivity contribution in [3.63, 3.8) is 0 Å². The van der Waals surface area contributed by atoms with Gasteiger partial charge in [-0.1, -0.05) is 18.2 Å². The number of nitrogens with zero attached hydrogens (tertiary/aromatic N) is 2. The average Bonchev–Trinajstić information content (AvgIpc) is 2.98. The minimum atomic E-state index is -0.264. The zero-order valence-electron chi connectivity index (χ0n) is 17.0. The van der Waals surface area contributed by atoms with Gasteiger partial charge in [0.25, 0.3) is 0 Å². The number of likely N-dealkylation sites (tertiary alicyclic amines) is 1. The summed E-state index contributed by atoms with van der Waals surface area (Å²) >= 11 is 0. The fourth-order valence-electron chi connectivity index (χ4n) is 6.06. The number of anilines is 1. The van der Waals surface area contributed by atoms with Crippen LogP contribution in [0.3, 0.4) is 0 Å². The molecule has 2 bridgehead atoms. The molecule has 5 rings (SSSR count). The van der Waals surface area contributed by atoms with E-state index in [2.05, 4.69) is 27.7 Å². The SMILES string of the molecule is CCOC(=O)N1C2CCC1CC(N1CCC3(CC1)NC(=O)Nc1ccccc13)C2. The number of hydrogen-bond donors (Lipinski definition) is 2. The molecule has 3 amide bonds. The van der Waals surface area contributed by atoms with Crippen molar-refractivity contribution < 1.29 is 14.3 Å². The van der Waals surface area contributed by atoms with Gasteiger partial charge in [0.15, 0.2) is 0 Å². The Morgan fingerprint density at radius 3 is 2.52 bits per heavy atom. The first-order chi connectivity index (χ1) is 14.1. The van der Waals surface area contributed by atoms with E-state index in [1.807, 2.05) is 24.0 Å². The maximum absolute atomic E-state index is 12.3. The van der Waals surface area contributed by atoms with Gasteiger partial charge in [-0.2, -0.15) is 0 Å². The Kier molecular flexibility index (Phi) is 4.65. The normalized spacial score (nSPS) is 30.4. The summed E-state index contributed by atoms with van der Waals surface area (Å²) in [5.74, 6) is 0. The van der Waals surface area contributed by atoms with Crippen LogP contribution in [-0.2, 0) is 10.3 Å². The largest absolute Gasteiger partial charge is 0.450 e. The summed E-state index contributed by atoms with van der Waals surface area (Å²) in [5.41, 5.74) is 1.88. The van der Waals surface area contributed by atoms with Crippen LogP contribution in [-0.4, -0.2) is 59.7 Å². The van der Waals surface area contributed by atoms with Crippen molar-refractivity contribution in [2.45, 2.75) is 69.1 Å². The average molecular weight is 399 g/mol. The van der Waals surface area contributed by atoms with E-state index in [9.17, 15) is 9.59 Å². The lowest BCUT2D eigenvalue weighted by Crippen LogP contribution is -2.59. The van der Waals surface area contributed by atoms with E-state index in [4.69, 9.17) is 4.74 Å². The van der Waals surface area contributed by atoms with Gasteiger partial charge in [0.05, 0.1) is 12.1 Å². The number of para-hydroxylation sites is 1. The van der Waals surface area contributed by atoms with E-state index in [0.717, 1.165) is 57.3 Å². The summed E-state index contributed by atoms with van der Waals surface area (Å²) in [6, 6.07) is 9.19. The van der Waals surface area contributed by atoms with Crippen molar-refractivity contribution in [2.24, 2.45) is 0 Å². The predicted molar refractivity (Wildman–Crippen MR) is 110 cm³/mol. The highest BCUT2D eigenvalue weighted by atomic mass is 16.6. The molecule has 2 N–H and O–H groups in total. The van der Waals surface area contributed by atoms with Crippen molar-refractivity contribution in [3.05, 3.63) is 29.8 Å². The molecule has 3 saturated heterocycles. The van der Waals surface area contributed by atoms with Crippen LogP contribution in [0.4, 0.5) is 15.3 Å². The van der Waals surface area contributed by atoms with E-state index in [0.29, 0.717) is 24.7 Å². The Hall–Kier alpha value is -2.28. The smallest absolute Gasteiger partial charge is 0.410 e. The van der Waals surface area contributed by atoms with Crippen LogP contribution in [0.5, 0.6) is 0 Å². The highest BCUT2D eigenvalue weighted by Gasteiger charge is 2.48. The van der Waals surface area contributed by atoms with Gasteiger partial charge < -0.3 is 25.2 Å². The molecule has 3 fully saturated rings. The van der Waals surface area contributed by atoms with Crippen LogP contribution in [0.15, 0.2) is 24.3 Å². The molecular weight excluding hydrogens is 368 g/mol. The second-order valence-corrected chi connectivity index (χ2v) is 8.86. The van der Waals surface area contributed by atoms with Crippen LogP contribution in [0.1, 0.15) is 51.0 Å². The molecule has 29 heavy (non-hydrogen) atoms. The van der Waals surface area contributed by atoms with E-state index < -0.39 is 0 Å². The minimum absolute atomic E-state index is 0.0991. The molecule has 1 aromatic carbocycles. The third kappa shape index (κ3) is 3.16. The van der Waals surface area contributed by atoms with E-state index in [1.54, 1.807) is 0 Å². The van der Waals surface area contributed by atoms with Crippen LogP contribution < -0.4 is 10.6 Å². The number of carbonyl (C=O) groups is 2. The molecule has 1 aromatic rings. The van der Waals surface area contributed by atoms with Crippen LogP contribution in [0.2, 0.25) is 0 Å². The van der Waals surface area contributed by atoms with Crippen molar-refractivity contribution in [2.75, 3.05) is 25.0 Å². The molecule has 4 aliphatic heterocycles. The fourth-order valence-corrected chi connectivity index (χ4v) is 6.06. The lowest BCUT2D eigenvalue weighted by atomic mass is 9.78. The van der Waals surface area contributed by atoms with Crippen molar-refractivity contribution >= 4 is 17.8 Å². The summed E-state index contributed by atoms with van der Waals surface area (Å²) in [6.07, 6.45) is 5.96. The molecular formula is C22H30N4O3. The molecule has 4 heterocycles. The number of amides is 3. The van der Waals surface area contributed by atoms with Gasteiger partial charge in [0.1, 0.15) is 0 Å². The summed E-state index contributed by atoms with van der Waals surface area (Å²) in [6.45, 7) is 4.25. The number of hydrogen-bond acceptors (Lipinski definition) is 4. The third-order valence-corrected chi connectivity index (χ3v) is 7.40. The zero-order valence-corrected chi connectivity index (χ0v) is 17.0. The number of benzene rings is 1. The fraction of sp³-hybridized carbons (Fsp3) is 0.636. The molecule has 0 saturated carbocycles. The quantitative estimate of drug-likeness (QED) is 0.802. The highest BCUT2D eigenvalue weighted by molar-refractivity contribution is 5.93. The van der Waals surface area contributed by atoms with Gasteiger partial charge in [-0.25, -0.2) is 9.59 Å². The number of piperidine rings is 2. The van der Waals surface area contributed by atoms with E-state index in [1.165, 1.54) is 5.56 Å². The second kappa shape index (κ2) is 7.20. The monoisotopic (exact) mass is 398 g/mol. The Morgan fingerprint density at radius 2 is 1.83 bits per heavy atom. The first-order valence-corrected chi connectivity index (χ1v) is 11.0. The summed E-state index contributed by atoms with van der Waals surface area (Å²) in [5, 5.41) is 6.17. The zero-order chi connectivity index (χ0) is 20.0. The number of urea groups is 1. The maximum atomic E-state index is 12.3. The number of ether oxygens (including phenoxy) is 1. The number of carbonyl (C=O) groups excluding carboxylic acids is 2. The summed E-state index contributed by atoms with van der Waals surface area (Å²) < 4.78 is 5.29. The van der Waals surface area contributed by atoms with Gasteiger partial charge in [-0.05, 0) is 51.5 Å². The third-order valence-electron chi connectivity index (χ3n) is 7.40. The minimum Gasteiger partial charge on any atom is -0.450 e. The number of fused-ring (bicyclic) bond motifs is 4. The molecule has 156 valence electrons. The van der Waals surface area contributed by atoms with Crippen molar-refractivity contribution in [3.8, 4) is 0 Å². The van der Waals surface area contributed by atoms with Gasteiger partial charge in [-0.3, -0.25) is 0 Å². The summed E-state index contributed by atoms with van der Waals surface area (Å²) in [7, 11) is 0. The Morgan fingerprint density at radius 1 is 1.14 bits per heavy atom.